The van der Waals surface area contributed by atoms with Crippen molar-refractivity contribution in [3.63, 3.8) is 0 Å². The summed E-state index contributed by atoms with van der Waals surface area (Å²) in [5.41, 5.74) is -0.492. The van der Waals surface area contributed by atoms with Crippen LogP contribution in [0, 0.1) is 0 Å². The molecule has 1 rings (SSSR count). The molecule has 0 aromatic heterocycles. The predicted octanol–water partition coefficient (Wildman–Crippen LogP) is 5.49. The molecular formula is C22H37NO4Si. The first-order chi connectivity index (χ1) is 12.6. The molecule has 0 unspecified atom stereocenters. The van der Waals surface area contributed by atoms with Gasteiger partial charge in [0.15, 0.2) is 0 Å². The number of nitrogens with one attached hydrogen (secondary N) is 1. The molecule has 5 nitrogen and oxygen atoms in total. The second kappa shape index (κ2) is 8.68. The molecule has 0 spiro atoms. The van der Waals surface area contributed by atoms with E-state index in [0.29, 0.717) is 12.8 Å². The summed E-state index contributed by atoms with van der Waals surface area (Å²) >= 11 is 0. The van der Waals surface area contributed by atoms with Crippen LogP contribution in [0.2, 0.25) is 18.1 Å². The molecule has 0 saturated heterocycles. The molecule has 1 N–H and O–H groups in total. The lowest BCUT2D eigenvalue weighted by Gasteiger charge is -2.36. The summed E-state index contributed by atoms with van der Waals surface area (Å²) in [6, 6.07) is 7.99. The highest BCUT2D eigenvalue weighted by molar-refractivity contribution is 6.74. The fraction of sp³-hybridized carbons (Fsp3) is 0.636. The fourth-order valence-corrected chi connectivity index (χ4v) is 3.30. The van der Waals surface area contributed by atoms with Crippen molar-refractivity contribution in [3.8, 4) is 5.75 Å². The zero-order chi connectivity index (χ0) is 21.8. The molecule has 28 heavy (non-hydrogen) atoms. The second-order valence-electron chi connectivity index (χ2n) is 10.2. The number of carbonyl (C=O) groups is 2. The van der Waals surface area contributed by atoms with Gasteiger partial charge in [-0.1, -0.05) is 32.9 Å². The summed E-state index contributed by atoms with van der Waals surface area (Å²) < 4.78 is 11.6. The smallest absolute Gasteiger partial charge is 0.408 e. The Morgan fingerprint density at radius 3 is 2.00 bits per heavy atom. The van der Waals surface area contributed by atoms with Gasteiger partial charge in [0.25, 0.3) is 0 Å². The minimum Gasteiger partial charge on any atom is -0.544 e. The molecule has 1 atom stereocenters. The highest BCUT2D eigenvalue weighted by atomic mass is 28.4. The van der Waals surface area contributed by atoms with Gasteiger partial charge < -0.3 is 19.3 Å². The van der Waals surface area contributed by atoms with Crippen LogP contribution < -0.4 is 9.74 Å². The molecule has 0 aliphatic rings. The molecule has 1 aromatic carbocycles. The van der Waals surface area contributed by atoms with Gasteiger partial charge in [0.2, 0.25) is 8.32 Å². The van der Waals surface area contributed by atoms with Crippen LogP contribution in [0.3, 0.4) is 0 Å². The molecule has 1 amide bonds. The molecule has 6 heteroatoms. The average molecular weight is 408 g/mol. The van der Waals surface area contributed by atoms with Gasteiger partial charge in [-0.05, 0) is 76.4 Å². The molecule has 158 valence electrons. The SMILES string of the molecule is CC(C)(C)OC(=O)N[C@@](C)(C=O)CCc1ccc(O[Si](C)(C)C(C)(C)C)cc1. The Kier molecular flexibility index (Phi) is 7.51. The van der Waals surface area contributed by atoms with Crippen molar-refractivity contribution in [2.45, 2.75) is 90.6 Å². The summed E-state index contributed by atoms with van der Waals surface area (Å²) in [5, 5.41) is 2.82. The van der Waals surface area contributed by atoms with Crippen LogP contribution in [0.4, 0.5) is 4.79 Å². The summed E-state index contributed by atoms with van der Waals surface area (Å²) in [6.45, 7) is 18.2. The first-order valence-corrected chi connectivity index (χ1v) is 12.7. The van der Waals surface area contributed by atoms with Crippen molar-refractivity contribution in [1.29, 1.82) is 0 Å². The van der Waals surface area contributed by atoms with Gasteiger partial charge in [0.05, 0.1) is 5.54 Å². The highest BCUT2D eigenvalue weighted by Crippen LogP contribution is 2.37. The number of hydrogen-bond acceptors (Lipinski definition) is 4. The van der Waals surface area contributed by atoms with Crippen molar-refractivity contribution < 1.29 is 18.8 Å². The lowest BCUT2D eigenvalue weighted by Crippen LogP contribution is -2.49. The van der Waals surface area contributed by atoms with Gasteiger partial charge in [0.1, 0.15) is 17.6 Å². The molecule has 0 saturated carbocycles. The third-order valence-electron chi connectivity index (χ3n) is 5.08. The number of carbonyl (C=O) groups excluding carboxylic acids is 2. The number of aldehydes is 1. The van der Waals surface area contributed by atoms with E-state index in [2.05, 4.69) is 39.2 Å². The van der Waals surface area contributed by atoms with E-state index >= 15 is 0 Å². The number of hydrogen-bond donors (Lipinski definition) is 1. The van der Waals surface area contributed by atoms with Gasteiger partial charge in [-0.2, -0.15) is 0 Å². The first kappa shape index (κ1) is 24.2. The topological polar surface area (TPSA) is 64.6 Å². The third-order valence-corrected chi connectivity index (χ3v) is 9.44. The summed E-state index contributed by atoms with van der Waals surface area (Å²) in [7, 11) is -1.86. The maximum absolute atomic E-state index is 12.0. The average Bonchev–Trinajstić information content (AvgIpc) is 2.51. The Hall–Kier alpha value is -1.82. The Labute approximate surface area is 171 Å². The summed E-state index contributed by atoms with van der Waals surface area (Å²) in [5.74, 6) is 0.875. The second-order valence-corrected chi connectivity index (χ2v) is 14.9. The van der Waals surface area contributed by atoms with E-state index in [1.54, 1.807) is 27.7 Å². The maximum Gasteiger partial charge on any atom is 0.408 e. The lowest BCUT2D eigenvalue weighted by atomic mass is 9.95. The fourth-order valence-electron chi connectivity index (χ4n) is 2.26. The zero-order valence-corrected chi connectivity index (χ0v) is 19.9. The lowest BCUT2D eigenvalue weighted by molar-refractivity contribution is -0.113. The molecule has 0 heterocycles. The Bertz CT molecular complexity index is 671. The van der Waals surface area contributed by atoms with Crippen molar-refractivity contribution in [2.24, 2.45) is 0 Å². The van der Waals surface area contributed by atoms with E-state index in [1.807, 2.05) is 24.3 Å². The summed E-state index contributed by atoms with van der Waals surface area (Å²) in [4.78, 5) is 23.6. The van der Waals surface area contributed by atoms with Crippen LogP contribution in [0.5, 0.6) is 5.75 Å². The van der Waals surface area contributed by atoms with Crippen molar-refractivity contribution in [1.82, 2.24) is 5.32 Å². The number of ether oxygens (including phenoxy) is 1. The Morgan fingerprint density at radius 2 is 1.57 bits per heavy atom. The Balaban J connectivity index is 2.71. The largest absolute Gasteiger partial charge is 0.544 e. The summed E-state index contributed by atoms with van der Waals surface area (Å²) in [6.07, 6.45) is 1.33. The molecule has 1 aromatic rings. The molecule has 0 fully saturated rings. The quantitative estimate of drug-likeness (QED) is 0.480. The number of amides is 1. The van der Waals surface area contributed by atoms with Crippen molar-refractivity contribution in [2.75, 3.05) is 0 Å². The van der Waals surface area contributed by atoms with Crippen LogP contribution >= 0.6 is 0 Å². The molecular weight excluding hydrogens is 370 g/mol. The molecule has 0 radical (unpaired) electrons. The number of alkyl carbamates (subject to hydrolysis) is 1. The van der Waals surface area contributed by atoms with E-state index < -0.39 is 25.6 Å². The normalized spacial score (nSPS) is 14.8. The van der Waals surface area contributed by atoms with Crippen LogP contribution in [0.1, 0.15) is 60.5 Å². The number of aryl methyl sites for hydroxylation is 1. The number of rotatable bonds is 7. The van der Waals surface area contributed by atoms with E-state index in [-0.39, 0.29) is 5.04 Å². The van der Waals surface area contributed by atoms with Gasteiger partial charge in [-0.15, -0.1) is 0 Å². The third kappa shape index (κ3) is 7.66. The van der Waals surface area contributed by atoms with Crippen LogP contribution in [-0.2, 0) is 16.0 Å². The van der Waals surface area contributed by atoms with E-state index in [1.165, 1.54) is 0 Å². The number of benzene rings is 1. The van der Waals surface area contributed by atoms with Gasteiger partial charge in [-0.3, -0.25) is 0 Å². The first-order valence-electron chi connectivity index (χ1n) is 9.82. The van der Waals surface area contributed by atoms with Gasteiger partial charge in [0, 0.05) is 0 Å². The Morgan fingerprint density at radius 1 is 1.04 bits per heavy atom. The highest BCUT2D eigenvalue weighted by Gasteiger charge is 2.39. The van der Waals surface area contributed by atoms with E-state index in [4.69, 9.17) is 9.16 Å². The predicted molar refractivity (Wildman–Crippen MR) is 116 cm³/mol. The monoisotopic (exact) mass is 407 g/mol. The van der Waals surface area contributed by atoms with Gasteiger partial charge in [-0.25, -0.2) is 4.79 Å². The van der Waals surface area contributed by atoms with Crippen molar-refractivity contribution >= 4 is 20.7 Å². The molecule has 0 aliphatic heterocycles. The minimum atomic E-state index is -1.86. The zero-order valence-electron chi connectivity index (χ0n) is 18.9. The standard InChI is InChI=1S/C22H37NO4Si/c1-20(2,3)26-19(25)23-22(7,16-24)15-14-17-10-12-18(13-11-17)27-28(8,9)21(4,5)6/h10-13,16H,14-15H2,1-9H3,(H,23,25)/t22-/m1/s1. The molecule has 0 bridgehead atoms. The van der Waals surface area contributed by atoms with Crippen LogP contribution in [0.15, 0.2) is 24.3 Å². The van der Waals surface area contributed by atoms with Gasteiger partial charge >= 0.3 is 6.09 Å². The van der Waals surface area contributed by atoms with Crippen molar-refractivity contribution in [3.05, 3.63) is 29.8 Å². The molecule has 0 aliphatic carbocycles. The maximum atomic E-state index is 12.0. The van der Waals surface area contributed by atoms with Crippen LogP contribution in [0.25, 0.3) is 0 Å². The minimum absolute atomic E-state index is 0.144. The van der Waals surface area contributed by atoms with E-state index in [0.717, 1.165) is 17.6 Å². The van der Waals surface area contributed by atoms with Crippen LogP contribution in [-0.4, -0.2) is 31.8 Å². The van der Waals surface area contributed by atoms with E-state index in [9.17, 15) is 9.59 Å².